The maximum absolute atomic E-state index is 13.0. The summed E-state index contributed by atoms with van der Waals surface area (Å²) < 4.78 is 11.1. The Kier molecular flexibility index (Phi) is 8.57. The SMILES string of the molecule is CCc1ccccc1NC(=O)CN1C(=O)N/C(=C/c2cccc(OC)c2OCC(=O)Nc2ccccc2)C1=O. The number of methoxy groups -OCH3 is 1. The predicted molar refractivity (Wildman–Crippen MR) is 146 cm³/mol. The van der Waals surface area contributed by atoms with Crippen molar-refractivity contribution in [3.63, 3.8) is 0 Å². The van der Waals surface area contributed by atoms with Crippen molar-refractivity contribution in [2.24, 2.45) is 0 Å². The Labute approximate surface area is 225 Å². The van der Waals surface area contributed by atoms with Crippen molar-refractivity contribution in [1.29, 1.82) is 0 Å². The molecule has 3 aromatic rings. The van der Waals surface area contributed by atoms with Crippen molar-refractivity contribution in [2.75, 3.05) is 30.9 Å². The molecule has 1 heterocycles. The van der Waals surface area contributed by atoms with Gasteiger partial charge in [0.2, 0.25) is 5.91 Å². The van der Waals surface area contributed by atoms with Gasteiger partial charge in [0, 0.05) is 16.9 Å². The third-order valence-electron chi connectivity index (χ3n) is 5.87. The van der Waals surface area contributed by atoms with Gasteiger partial charge in [-0.15, -0.1) is 0 Å². The minimum Gasteiger partial charge on any atom is -0.493 e. The minimum atomic E-state index is -0.724. The number of anilines is 2. The average molecular weight is 529 g/mol. The number of hydrogen-bond acceptors (Lipinski definition) is 6. The molecule has 0 bridgehead atoms. The highest BCUT2D eigenvalue weighted by atomic mass is 16.5. The fraction of sp³-hybridized carbons (Fsp3) is 0.172. The van der Waals surface area contributed by atoms with Crippen LogP contribution >= 0.6 is 0 Å². The lowest BCUT2D eigenvalue weighted by atomic mass is 10.1. The third-order valence-corrected chi connectivity index (χ3v) is 5.87. The summed E-state index contributed by atoms with van der Waals surface area (Å²) in [6, 6.07) is 20.5. The van der Waals surface area contributed by atoms with Gasteiger partial charge in [-0.05, 0) is 42.3 Å². The molecular weight excluding hydrogens is 500 g/mol. The summed E-state index contributed by atoms with van der Waals surface area (Å²) >= 11 is 0. The van der Waals surface area contributed by atoms with Crippen LogP contribution in [0.25, 0.3) is 6.08 Å². The quantitative estimate of drug-likeness (QED) is 0.271. The van der Waals surface area contributed by atoms with Crippen molar-refractivity contribution in [2.45, 2.75) is 13.3 Å². The fourth-order valence-corrected chi connectivity index (χ4v) is 3.97. The van der Waals surface area contributed by atoms with E-state index in [4.69, 9.17) is 9.47 Å². The molecule has 1 fully saturated rings. The van der Waals surface area contributed by atoms with Crippen LogP contribution in [0.15, 0.2) is 78.5 Å². The van der Waals surface area contributed by atoms with Crippen molar-refractivity contribution in [3.05, 3.63) is 89.6 Å². The lowest BCUT2D eigenvalue weighted by molar-refractivity contribution is -0.127. The number of aryl methyl sites for hydroxylation is 1. The predicted octanol–water partition coefficient (Wildman–Crippen LogP) is 3.81. The van der Waals surface area contributed by atoms with E-state index < -0.39 is 30.3 Å². The molecule has 0 unspecified atom stereocenters. The van der Waals surface area contributed by atoms with Gasteiger partial charge in [-0.25, -0.2) is 9.69 Å². The van der Waals surface area contributed by atoms with Gasteiger partial charge in [0.25, 0.3) is 11.8 Å². The number of carbonyl (C=O) groups excluding carboxylic acids is 4. The molecular formula is C29H28N4O6. The molecule has 0 aliphatic carbocycles. The van der Waals surface area contributed by atoms with Gasteiger partial charge < -0.3 is 25.4 Å². The second-order valence-corrected chi connectivity index (χ2v) is 8.52. The molecule has 5 amide bonds. The third kappa shape index (κ3) is 6.61. The van der Waals surface area contributed by atoms with Gasteiger partial charge in [-0.3, -0.25) is 14.4 Å². The number of imide groups is 1. The van der Waals surface area contributed by atoms with Crippen LogP contribution in [0.1, 0.15) is 18.1 Å². The average Bonchev–Trinajstić information content (AvgIpc) is 3.20. The Morgan fingerprint density at radius 1 is 0.923 bits per heavy atom. The number of nitrogens with zero attached hydrogens (tertiary/aromatic N) is 1. The van der Waals surface area contributed by atoms with Crippen LogP contribution in [-0.2, 0) is 20.8 Å². The van der Waals surface area contributed by atoms with Crippen LogP contribution in [0.5, 0.6) is 11.5 Å². The fourth-order valence-electron chi connectivity index (χ4n) is 3.97. The van der Waals surface area contributed by atoms with Gasteiger partial charge in [0.05, 0.1) is 7.11 Å². The van der Waals surface area contributed by atoms with Crippen molar-refractivity contribution >= 4 is 41.2 Å². The van der Waals surface area contributed by atoms with E-state index in [1.807, 2.05) is 25.1 Å². The number of hydrogen-bond donors (Lipinski definition) is 3. The Morgan fingerprint density at radius 3 is 2.41 bits per heavy atom. The Balaban J connectivity index is 1.47. The van der Waals surface area contributed by atoms with E-state index in [0.717, 1.165) is 10.5 Å². The first-order valence-electron chi connectivity index (χ1n) is 12.3. The molecule has 200 valence electrons. The molecule has 10 nitrogen and oxygen atoms in total. The molecule has 0 spiro atoms. The molecule has 0 atom stereocenters. The van der Waals surface area contributed by atoms with E-state index in [-0.39, 0.29) is 18.1 Å². The number of carbonyl (C=O) groups is 4. The summed E-state index contributed by atoms with van der Waals surface area (Å²) in [5.41, 5.74) is 2.53. The van der Waals surface area contributed by atoms with Gasteiger partial charge in [-0.2, -0.15) is 0 Å². The number of nitrogens with one attached hydrogen (secondary N) is 3. The number of para-hydroxylation sites is 3. The molecule has 0 saturated carbocycles. The van der Waals surface area contributed by atoms with Crippen LogP contribution in [0.2, 0.25) is 0 Å². The van der Waals surface area contributed by atoms with Crippen molar-refractivity contribution < 1.29 is 28.7 Å². The van der Waals surface area contributed by atoms with Crippen LogP contribution < -0.4 is 25.4 Å². The lowest BCUT2D eigenvalue weighted by Crippen LogP contribution is -2.38. The standard InChI is InChI=1S/C29H28N4O6/c1-3-19-10-7-8-14-22(19)31-25(34)17-33-28(36)23(32-29(33)37)16-20-11-9-15-24(38-2)27(20)39-18-26(35)30-21-12-5-4-6-13-21/h4-16H,3,17-18H2,1-2H3,(H,30,35)(H,31,34)(H,32,37)/b23-16+. The zero-order chi connectivity index (χ0) is 27.8. The van der Waals surface area contributed by atoms with Gasteiger partial charge in [0.1, 0.15) is 12.2 Å². The highest BCUT2D eigenvalue weighted by Gasteiger charge is 2.35. The highest BCUT2D eigenvalue weighted by Crippen LogP contribution is 2.33. The van der Waals surface area contributed by atoms with Crippen LogP contribution in [0, 0.1) is 0 Å². The molecule has 10 heteroatoms. The van der Waals surface area contributed by atoms with Gasteiger partial charge in [-0.1, -0.05) is 55.5 Å². The lowest BCUT2D eigenvalue weighted by Gasteiger charge is -2.14. The maximum Gasteiger partial charge on any atom is 0.329 e. The molecule has 0 radical (unpaired) electrons. The topological polar surface area (TPSA) is 126 Å². The second-order valence-electron chi connectivity index (χ2n) is 8.52. The molecule has 39 heavy (non-hydrogen) atoms. The number of benzene rings is 3. The summed E-state index contributed by atoms with van der Waals surface area (Å²) in [4.78, 5) is 51.4. The Hall–Kier alpha value is -5.12. The number of ether oxygens (including phenoxy) is 2. The zero-order valence-electron chi connectivity index (χ0n) is 21.5. The number of amides is 5. The largest absolute Gasteiger partial charge is 0.493 e. The van der Waals surface area contributed by atoms with E-state index in [1.54, 1.807) is 54.6 Å². The number of urea groups is 1. The first kappa shape index (κ1) is 26.9. The molecule has 0 aromatic heterocycles. The minimum absolute atomic E-state index is 0.0476. The molecule has 3 aromatic carbocycles. The smallest absolute Gasteiger partial charge is 0.329 e. The molecule has 1 aliphatic heterocycles. The summed E-state index contributed by atoms with van der Waals surface area (Å²) in [6.07, 6.45) is 2.13. The number of rotatable bonds is 10. The second kappa shape index (κ2) is 12.4. The van der Waals surface area contributed by atoms with Crippen LogP contribution in [0.4, 0.5) is 16.2 Å². The van der Waals surface area contributed by atoms with E-state index in [2.05, 4.69) is 16.0 Å². The first-order valence-corrected chi connectivity index (χ1v) is 12.3. The molecule has 4 rings (SSSR count). The van der Waals surface area contributed by atoms with Crippen LogP contribution in [0.3, 0.4) is 0 Å². The van der Waals surface area contributed by atoms with Gasteiger partial charge in [0.15, 0.2) is 18.1 Å². The first-order chi connectivity index (χ1) is 18.9. The maximum atomic E-state index is 13.0. The summed E-state index contributed by atoms with van der Waals surface area (Å²) in [6.45, 7) is 1.18. The van der Waals surface area contributed by atoms with Crippen molar-refractivity contribution in [3.8, 4) is 11.5 Å². The molecule has 1 aliphatic rings. The van der Waals surface area contributed by atoms with E-state index in [0.29, 0.717) is 29.1 Å². The highest BCUT2D eigenvalue weighted by molar-refractivity contribution is 6.16. The Bertz CT molecular complexity index is 1420. The van der Waals surface area contributed by atoms with Crippen molar-refractivity contribution in [1.82, 2.24) is 10.2 Å². The van der Waals surface area contributed by atoms with Crippen LogP contribution in [-0.4, -0.2) is 48.9 Å². The van der Waals surface area contributed by atoms with Gasteiger partial charge >= 0.3 is 6.03 Å². The normalized spacial score (nSPS) is 13.7. The summed E-state index contributed by atoms with van der Waals surface area (Å²) in [5, 5.41) is 7.98. The van der Waals surface area contributed by atoms with E-state index >= 15 is 0 Å². The molecule has 3 N–H and O–H groups in total. The summed E-state index contributed by atoms with van der Waals surface area (Å²) in [7, 11) is 1.45. The van der Waals surface area contributed by atoms with E-state index in [9.17, 15) is 19.2 Å². The zero-order valence-corrected chi connectivity index (χ0v) is 21.5. The van der Waals surface area contributed by atoms with E-state index in [1.165, 1.54) is 13.2 Å². The monoisotopic (exact) mass is 528 g/mol. The Morgan fingerprint density at radius 2 is 1.67 bits per heavy atom. The molecule has 1 saturated heterocycles. The summed E-state index contributed by atoms with van der Waals surface area (Å²) in [5.74, 6) is -1.02.